The Morgan fingerprint density at radius 2 is 1.94 bits per heavy atom. The number of aromatic amines is 1. The van der Waals surface area contributed by atoms with Gasteiger partial charge >= 0.3 is 5.69 Å². The van der Waals surface area contributed by atoms with Gasteiger partial charge in [0.1, 0.15) is 5.65 Å². The van der Waals surface area contributed by atoms with Crippen LogP contribution in [0.5, 0.6) is 0 Å². The quantitative estimate of drug-likeness (QED) is 0.200. The zero-order chi connectivity index (χ0) is 23.2. The molecule has 0 radical (unpaired) electrons. The van der Waals surface area contributed by atoms with Crippen LogP contribution in [-0.4, -0.2) is 33.6 Å². The minimum absolute atomic E-state index is 0.123. The van der Waals surface area contributed by atoms with E-state index in [-0.39, 0.29) is 11.6 Å². The first-order chi connectivity index (χ1) is 14.9. The van der Waals surface area contributed by atoms with E-state index in [9.17, 15) is 4.79 Å². The molecule has 0 unspecified atom stereocenters. The first-order valence-corrected chi connectivity index (χ1v) is 10.5. The van der Waals surface area contributed by atoms with E-state index >= 15 is 0 Å². The summed E-state index contributed by atoms with van der Waals surface area (Å²) >= 11 is 0. The van der Waals surface area contributed by atoms with Gasteiger partial charge in [-0.1, -0.05) is 32.1 Å². The molecular formula is C23H35N7O. The predicted octanol–water partition coefficient (Wildman–Crippen LogP) is 2.99. The lowest BCUT2D eigenvalue weighted by molar-refractivity contribution is 0.655. The standard InChI is InChI=1S/C18H23N7O.C3H6.C2H6/c1-12-9-14-11-25(18(26)24-16(14)23-12)15-5-3-13(4-6-15)10-21-7-2-8-22-17(19)20;1-3-2;1-2/h3-6,9,11,21H,2,7-8,10H2,1H3,(H4,19,20,22)(H,23,24,26);3H,1H2,2H3;1-2H3. The maximum Gasteiger partial charge on any atom is 0.354 e. The number of nitrogens with one attached hydrogen (secondary N) is 2. The smallest absolute Gasteiger partial charge is 0.354 e. The van der Waals surface area contributed by atoms with Crippen molar-refractivity contribution in [1.29, 1.82) is 0 Å². The van der Waals surface area contributed by atoms with Crippen LogP contribution in [0, 0.1) is 6.92 Å². The molecule has 2 aromatic heterocycles. The first kappa shape index (κ1) is 25.6. The van der Waals surface area contributed by atoms with E-state index in [1.54, 1.807) is 10.6 Å². The third-order valence-electron chi connectivity index (χ3n) is 3.99. The molecule has 168 valence electrons. The lowest BCUT2D eigenvalue weighted by Crippen LogP contribution is -2.23. The summed E-state index contributed by atoms with van der Waals surface area (Å²) in [6.07, 6.45) is 4.43. The molecule has 3 rings (SSSR count). The van der Waals surface area contributed by atoms with Gasteiger partial charge in [0.15, 0.2) is 5.96 Å². The monoisotopic (exact) mass is 425 g/mol. The molecule has 0 amide bonds. The summed E-state index contributed by atoms with van der Waals surface area (Å²) in [6, 6.07) is 9.81. The number of aliphatic imine (C=N–C) groups is 1. The van der Waals surface area contributed by atoms with Crippen LogP contribution in [0.15, 0.2) is 59.0 Å². The second kappa shape index (κ2) is 13.8. The Balaban J connectivity index is 0.000000884. The Morgan fingerprint density at radius 3 is 2.55 bits per heavy atom. The van der Waals surface area contributed by atoms with E-state index in [2.05, 4.69) is 26.9 Å². The van der Waals surface area contributed by atoms with Crippen LogP contribution in [0.2, 0.25) is 0 Å². The number of aryl methyl sites for hydroxylation is 1. The van der Waals surface area contributed by atoms with E-state index in [1.165, 1.54) is 0 Å². The molecule has 0 aliphatic carbocycles. The summed E-state index contributed by atoms with van der Waals surface area (Å²) < 4.78 is 1.56. The summed E-state index contributed by atoms with van der Waals surface area (Å²) in [6.45, 7) is 13.4. The van der Waals surface area contributed by atoms with Gasteiger partial charge in [-0.25, -0.2) is 4.79 Å². The topological polar surface area (TPSA) is 127 Å². The van der Waals surface area contributed by atoms with Gasteiger partial charge in [0.2, 0.25) is 0 Å². The summed E-state index contributed by atoms with van der Waals surface area (Å²) in [7, 11) is 0. The number of hydrogen-bond donors (Lipinski definition) is 4. The lowest BCUT2D eigenvalue weighted by Gasteiger charge is -2.08. The van der Waals surface area contributed by atoms with E-state index < -0.39 is 0 Å². The van der Waals surface area contributed by atoms with Crippen molar-refractivity contribution in [2.24, 2.45) is 16.5 Å². The minimum atomic E-state index is -0.301. The number of benzene rings is 1. The Morgan fingerprint density at radius 1 is 1.29 bits per heavy atom. The highest BCUT2D eigenvalue weighted by Gasteiger charge is 2.06. The minimum Gasteiger partial charge on any atom is -0.370 e. The fourth-order valence-electron chi connectivity index (χ4n) is 2.74. The van der Waals surface area contributed by atoms with Crippen LogP contribution in [0.1, 0.15) is 38.4 Å². The molecule has 0 fully saturated rings. The van der Waals surface area contributed by atoms with Crippen molar-refractivity contribution in [2.75, 3.05) is 13.1 Å². The van der Waals surface area contributed by atoms with E-state index in [0.717, 1.165) is 41.8 Å². The van der Waals surface area contributed by atoms with Crippen LogP contribution >= 0.6 is 0 Å². The number of aromatic nitrogens is 3. The number of allylic oxidation sites excluding steroid dienone is 1. The third kappa shape index (κ3) is 8.47. The van der Waals surface area contributed by atoms with Crippen LogP contribution in [0.25, 0.3) is 16.7 Å². The van der Waals surface area contributed by atoms with E-state index in [0.29, 0.717) is 12.2 Å². The number of fused-ring (bicyclic) bond motifs is 1. The fourth-order valence-corrected chi connectivity index (χ4v) is 2.74. The third-order valence-corrected chi connectivity index (χ3v) is 3.99. The molecule has 0 aliphatic rings. The number of hydrogen-bond acceptors (Lipinski definition) is 4. The van der Waals surface area contributed by atoms with Crippen molar-refractivity contribution >= 4 is 17.0 Å². The average molecular weight is 426 g/mol. The highest BCUT2D eigenvalue weighted by atomic mass is 16.1. The molecule has 8 nitrogen and oxygen atoms in total. The maximum absolute atomic E-state index is 12.2. The fraction of sp³-hybridized carbons (Fsp3) is 0.348. The highest BCUT2D eigenvalue weighted by molar-refractivity contribution is 5.76. The van der Waals surface area contributed by atoms with Crippen molar-refractivity contribution in [3.05, 3.63) is 70.9 Å². The van der Waals surface area contributed by atoms with Crippen LogP contribution in [0.4, 0.5) is 0 Å². The van der Waals surface area contributed by atoms with Gasteiger partial charge in [0.05, 0.1) is 5.69 Å². The van der Waals surface area contributed by atoms with Crippen molar-refractivity contribution in [3.8, 4) is 5.69 Å². The largest absolute Gasteiger partial charge is 0.370 e. The second-order valence-electron chi connectivity index (χ2n) is 6.56. The SMILES string of the molecule is C=CC.CC.Cc1cc2cn(-c3ccc(CNCCCN=C(N)N)cc3)c(=O)nc2[nH]1. The van der Waals surface area contributed by atoms with Crippen molar-refractivity contribution in [2.45, 2.75) is 40.7 Å². The van der Waals surface area contributed by atoms with Gasteiger partial charge in [0, 0.05) is 30.4 Å². The molecule has 0 atom stereocenters. The van der Waals surface area contributed by atoms with Gasteiger partial charge in [-0.2, -0.15) is 4.98 Å². The van der Waals surface area contributed by atoms with Crippen LogP contribution in [-0.2, 0) is 6.54 Å². The van der Waals surface area contributed by atoms with Crippen molar-refractivity contribution in [3.63, 3.8) is 0 Å². The molecule has 31 heavy (non-hydrogen) atoms. The molecule has 2 heterocycles. The molecule has 1 aromatic carbocycles. The lowest BCUT2D eigenvalue weighted by atomic mass is 10.2. The summed E-state index contributed by atoms with van der Waals surface area (Å²) in [4.78, 5) is 23.3. The zero-order valence-corrected chi connectivity index (χ0v) is 19.0. The number of guanidine groups is 1. The Kier molecular flexibility index (Phi) is 11.4. The summed E-state index contributed by atoms with van der Waals surface area (Å²) in [5.41, 5.74) is 13.8. The number of nitrogens with zero attached hydrogens (tertiary/aromatic N) is 3. The molecule has 0 saturated carbocycles. The number of rotatable bonds is 7. The Labute approximate surface area is 184 Å². The predicted molar refractivity (Wildman–Crippen MR) is 131 cm³/mol. The van der Waals surface area contributed by atoms with Gasteiger partial charge in [-0.05, 0) is 50.6 Å². The number of H-pyrrole nitrogens is 1. The molecule has 0 spiro atoms. The second-order valence-corrected chi connectivity index (χ2v) is 6.56. The molecular weight excluding hydrogens is 390 g/mol. The zero-order valence-electron chi connectivity index (χ0n) is 19.0. The first-order valence-electron chi connectivity index (χ1n) is 10.5. The normalized spacial score (nSPS) is 9.81. The molecule has 3 aromatic rings. The number of nitrogens with two attached hydrogens (primary N) is 2. The van der Waals surface area contributed by atoms with Gasteiger partial charge in [-0.3, -0.25) is 9.56 Å². The van der Waals surface area contributed by atoms with Crippen molar-refractivity contribution < 1.29 is 0 Å². The maximum atomic E-state index is 12.2. The highest BCUT2D eigenvalue weighted by Crippen LogP contribution is 2.13. The van der Waals surface area contributed by atoms with Crippen LogP contribution < -0.4 is 22.5 Å². The molecule has 0 bridgehead atoms. The molecule has 6 N–H and O–H groups in total. The van der Waals surface area contributed by atoms with Crippen molar-refractivity contribution in [1.82, 2.24) is 19.9 Å². The Hall–Kier alpha value is -3.39. The van der Waals surface area contributed by atoms with Gasteiger partial charge < -0.3 is 21.8 Å². The van der Waals surface area contributed by atoms with E-state index in [1.807, 2.05) is 64.2 Å². The average Bonchev–Trinajstić information content (AvgIpc) is 3.11. The molecule has 0 aliphatic heterocycles. The molecule has 8 heteroatoms. The molecule has 0 saturated heterocycles. The van der Waals surface area contributed by atoms with Gasteiger partial charge in [0.25, 0.3) is 0 Å². The van der Waals surface area contributed by atoms with Crippen LogP contribution in [0.3, 0.4) is 0 Å². The van der Waals surface area contributed by atoms with Gasteiger partial charge in [-0.15, -0.1) is 6.58 Å². The summed E-state index contributed by atoms with van der Waals surface area (Å²) in [5, 5.41) is 4.25. The Bertz CT molecular complexity index is 1010. The van der Waals surface area contributed by atoms with E-state index in [4.69, 9.17) is 11.5 Å². The summed E-state index contributed by atoms with van der Waals surface area (Å²) in [5.74, 6) is 0.123.